The van der Waals surface area contributed by atoms with Gasteiger partial charge in [0.05, 0.1) is 6.10 Å². The van der Waals surface area contributed by atoms with Crippen LogP contribution >= 0.6 is 0 Å². The Hall–Kier alpha value is -0.160. The molecule has 0 aromatic rings. The van der Waals surface area contributed by atoms with Gasteiger partial charge in [-0.2, -0.15) is 0 Å². The zero-order chi connectivity index (χ0) is 9.64. The van der Waals surface area contributed by atoms with E-state index in [0.29, 0.717) is 0 Å². The molecule has 0 radical (unpaired) electrons. The van der Waals surface area contributed by atoms with E-state index in [2.05, 4.69) is 0 Å². The molecule has 0 aliphatic carbocycles. The van der Waals surface area contributed by atoms with E-state index in [9.17, 15) is 5.11 Å². The molecule has 2 saturated heterocycles. The van der Waals surface area contributed by atoms with Crippen LogP contribution in [0.3, 0.4) is 0 Å². The van der Waals surface area contributed by atoms with Gasteiger partial charge in [0.25, 0.3) is 0 Å². The second-order valence-electron chi connectivity index (χ2n) is 3.63. The molecule has 1 N–H and O–H groups in total. The maximum Gasteiger partial charge on any atom is 0.184 e. The highest BCUT2D eigenvalue weighted by atomic mass is 16.8. The molecule has 12 heavy (non-hydrogen) atoms. The Morgan fingerprint density at radius 3 is 2.67 bits per heavy atom. The van der Waals surface area contributed by atoms with Gasteiger partial charge in [-0.05, 0) is 20.7 Å². The van der Waals surface area contributed by atoms with Crippen LogP contribution in [0.4, 0.5) is 0 Å². The number of hydrogen-bond donors (Lipinski definition) is 1. The van der Waals surface area contributed by atoms with Gasteiger partial charge in [-0.3, -0.25) is 0 Å². The predicted molar refractivity (Wildman–Crippen MR) is 40.4 cm³/mol. The van der Waals surface area contributed by atoms with Crippen LogP contribution in [-0.2, 0) is 14.2 Å². The summed E-state index contributed by atoms with van der Waals surface area (Å²) in [5, 5.41) is 9.42. The normalized spacial score (nSPS) is 52.1. The minimum atomic E-state index is -0.956. The first-order valence-electron chi connectivity index (χ1n) is 4.72. The zero-order valence-electron chi connectivity index (χ0n) is 8.19. The quantitative estimate of drug-likeness (QED) is 0.574. The van der Waals surface area contributed by atoms with Crippen molar-refractivity contribution in [2.24, 2.45) is 0 Å². The van der Waals surface area contributed by atoms with Crippen molar-refractivity contribution in [3.8, 4) is 0 Å². The lowest BCUT2D eigenvalue weighted by atomic mass is 10.2. The summed E-state index contributed by atoms with van der Waals surface area (Å²) in [6, 6.07) is 0. The van der Waals surface area contributed by atoms with Gasteiger partial charge in [0, 0.05) is 1.37 Å². The van der Waals surface area contributed by atoms with E-state index in [1.807, 2.05) is 0 Å². The van der Waals surface area contributed by atoms with Crippen LogP contribution in [0.1, 0.15) is 22.1 Å². The van der Waals surface area contributed by atoms with Crippen molar-refractivity contribution in [1.29, 1.82) is 0 Å². The van der Waals surface area contributed by atoms with Crippen LogP contribution in [0.25, 0.3) is 0 Å². The largest absolute Gasteiger partial charge is 0.366 e. The molecule has 2 fully saturated rings. The fraction of sp³-hybridized carbons (Fsp3) is 1.00. The SMILES string of the molecule is [3H]CC1OC(O)[C@@H]2OC(C)(C)O[C@H]12. The number of ether oxygens (including phenoxy) is 3. The molecule has 4 heteroatoms. The summed E-state index contributed by atoms with van der Waals surface area (Å²) in [4.78, 5) is 0. The third-order valence-corrected chi connectivity index (χ3v) is 2.13. The van der Waals surface area contributed by atoms with E-state index < -0.39 is 18.2 Å². The lowest BCUT2D eigenvalue weighted by molar-refractivity contribution is -0.217. The summed E-state index contributed by atoms with van der Waals surface area (Å²) in [5.74, 6) is -0.673. The number of aliphatic hydroxyl groups excluding tert-OH is 1. The Morgan fingerprint density at radius 2 is 2.00 bits per heavy atom. The van der Waals surface area contributed by atoms with Gasteiger partial charge >= 0.3 is 0 Å². The molecule has 4 nitrogen and oxygen atoms in total. The number of rotatable bonds is 0. The minimum Gasteiger partial charge on any atom is -0.366 e. The molecule has 2 rings (SSSR count). The van der Waals surface area contributed by atoms with Crippen LogP contribution in [0, 0.1) is 0 Å². The highest BCUT2D eigenvalue weighted by Gasteiger charge is 2.53. The van der Waals surface area contributed by atoms with Crippen LogP contribution < -0.4 is 0 Å². The first-order valence-corrected chi connectivity index (χ1v) is 4.02. The molecule has 2 unspecified atom stereocenters. The fourth-order valence-corrected chi connectivity index (χ4v) is 1.66. The first kappa shape index (κ1) is 7.26. The van der Waals surface area contributed by atoms with Crippen LogP contribution in [0.15, 0.2) is 0 Å². The van der Waals surface area contributed by atoms with Crippen LogP contribution in [0.5, 0.6) is 0 Å². The lowest BCUT2D eigenvalue weighted by Crippen LogP contribution is -2.29. The Bertz CT molecular complexity index is 208. The first-order chi connectivity index (χ1) is 6.03. The van der Waals surface area contributed by atoms with Crippen molar-refractivity contribution in [2.75, 3.05) is 0 Å². The zero-order valence-corrected chi connectivity index (χ0v) is 7.19. The molecular formula is C8H14O4. The van der Waals surface area contributed by atoms with Gasteiger partial charge in [0.15, 0.2) is 12.1 Å². The van der Waals surface area contributed by atoms with Crippen molar-refractivity contribution >= 4 is 0 Å². The van der Waals surface area contributed by atoms with Gasteiger partial charge in [0.1, 0.15) is 12.2 Å². The Labute approximate surface area is 72.8 Å². The third-order valence-electron chi connectivity index (χ3n) is 2.13. The van der Waals surface area contributed by atoms with E-state index in [0.717, 1.165) is 0 Å². The average Bonchev–Trinajstić information content (AvgIpc) is 2.47. The summed E-state index contributed by atoms with van der Waals surface area (Å²) >= 11 is 0. The Morgan fingerprint density at radius 1 is 1.33 bits per heavy atom. The molecule has 2 heterocycles. The van der Waals surface area contributed by atoms with E-state index in [4.69, 9.17) is 15.6 Å². The van der Waals surface area contributed by atoms with Crippen LogP contribution in [-0.4, -0.2) is 35.5 Å². The minimum absolute atomic E-state index is 0.0810. The van der Waals surface area contributed by atoms with Gasteiger partial charge in [-0.1, -0.05) is 0 Å². The molecule has 0 saturated carbocycles. The van der Waals surface area contributed by atoms with Crippen molar-refractivity contribution < 1.29 is 20.7 Å². The lowest BCUT2D eigenvalue weighted by Gasteiger charge is -2.20. The highest BCUT2D eigenvalue weighted by molar-refractivity contribution is 4.92. The van der Waals surface area contributed by atoms with Crippen molar-refractivity contribution in [3.05, 3.63) is 0 Å². The molecule has 2 aliphatic rings. The summed E-state index contributed by atoms with van der Waals surface area (Å²) < 4.78 is 23.2. The van der Waals surface area contributed by atoms with Crippen molar-refractivity contribution in [2.45, 2.75) is 51.1 Å². The maximum atomic E-state index is 9.42. The fourth-order valence-electron chi connectivity index (χ4n) is 1.66. The van der Waals surface area contributed by atoms with Crippen molar-refractivity contribution in [3.63, 3.8) is 0 Å². The molecule has 2 aliphatic heterocycles. The molecule has 0 amide bonds. The summed E-state index contributed by atoms with van der Waals surface area (Å²) in [5.41, 5.74) is 0. The van der Waals surface area contributed by atoms with Gasteiger partial charge in [-0.25, -0.2) is 0 Å². The van der Waals surface area contributed by atoms with E-state index in [1.54, 1.807) is 13.8 Å². The second kappa shape index (κ2) is 2.42. The molecule has 70 valence electrons. The topological polar surface area (TPSA) is 47.9 Å². The van der Waals surface area contributed by atoms with Crippen LogP contribution in [0.2, 0.25) is 0 Å². The van der Waals surface area contributed by atoms with E-state index >= 15 is 0 Å². The molecule has 0 aromatic carbocycles. The maximum absolute atomic E-state index is 9.42. The number of hydrogen-bond acceptors (Lipinski definition) is 4. The second-order valence-corrected chi connectivity index (χ2v) is 3.63. The highest BCUT2D eigenvalue weighted by Crippen LogP contribution is 2.37. The van der Waals surface area contributed by atoms with Gasteiger partial charge in [-0.15, -0.1) is 0 Å². The Kier molecular flexibility index (Phi) is 1.46. The smallest absolute Gasteiger partial charge is 0.184 e. The molecule has 0 spiro atoms. The summed E-state index contributed by atoms with van der Waals surface area (Å²) in [7, 11) is 0. The molecular weight excluding hydrogens is 160 g/mol. The number of aliphatic hydroxyl groups is 1. The van der Waals surface area contributed by atoms with E-state index in [-0.39, 0.29) is 19.1 Å². The number of fused-ring (bicyclic) bond motifs is 1. The molecule has 0 bridgehead atoms. The summed E-state index contributed by atoms with van der Waals surface area (Å²) in [6.07, 6.45) is -2.07. The van der Waals surface area contributed by atoms with E-state index in [1.165, 1.54) is 0 Å². The monoisotopic (exact) mass is 176 g/mol. The average molecular weight is 176 g/mol. The standard InChI is InChI=1S/C8H14O4/c1-4-5-6(7(9)10-4)12-8(2,3)11-5/h4-7,9H,1-3H3/t4?,5-,6-,7?/m1/s1/i1T. The van der Waals surface area contributed by atoms with Gasteiger partial charge in [0.2, 0.25) is 0 Å². The third kappa shape index (κ3) is 1.15. The molecule has 0 aromatic heterocycles. The summed E-state index contributed by atoms with van der Waals surface area (Å²) in [6.45, 7) is 3.66. The Balaban J connectivity index is 2.12. The van der Waals surface area contributed by atoms with Crippen molar-refractivity contribution in [1.82, 2.24) is 0 Å². The predicted octanol–water partition coefficient (Wildman–Crippen LogP) is 0.244. The van der Waals surface area contributed by atoms with Gasteiger partial charge < -0.3 is 19.3 Å². The molecule has 4 atom stereocenters.